The average molecular weight is 644 g/mol. The maximum atomic E-state index is 13.3. The summed E-state index contributed by atoms with van der Waals surface area (Å²) in [5.41, 5.74) is -3.76. The van der Waals surface area contributed by atoms with Gasteiger partial charge < -0.3 is 45.8 Å². The number of aliphatic carboxylic acids is 1. The Morgan fingerprint density at radius 1 is 1.05 bits per heavy atom. The first kappa shape index (κ1) is 36.2. The highest BCUT2D eigenvalue weighted by Crippen LogP contribution is 2.20. The maximum Gasteiger partial charge on any atom is 0.413 e. The molecule has 1 aromatic rings. The summed E-state index contributed by atoms with van der Waals surface area (Å²) in [5.74, 6) is -2.74. The van der Waals surface area contributed by atoms with Crippen LogP contribution in [0.3, 0.4) is 0 Å². The van der Waals surface area contributed by atoms with Crippen molar-refractivity contribution in [2.45, 2.75) is 90.4 Å². The van der Waals surface area contributed by atoms with Crippen LogP contribution < -0.4 is 26.6 Å². The summed E-state index contributed by atoms with van der Waals surface area (Å²) >= 11 is 0.948. The van der Waals surface area contributed by atoms with Gasteiger partial charge in [-0.1, -0.05) is 5.16 Å². The van der Waals surface area contributed by atoms with Gasteiger partial charge in [0.05, 0.1) is 12.1 Å². The van der Waals surface area contributed by atoms with Gasteiger partial charge in [0.2, 0.25) is 11.5 Å². The third kappa shape index (κ3) is 11.9. The van der Waals surface area contributed by atoms with Gasteiger partial charge in [0.25, 0.3) is 5.91 Å². The maximum absolute atomic E-state index is 13.3. The number of β-lactam (4-membered cyclic amide) rings is 1. The van der Waals surface area contributed by atoms with Gasteiger partial charge in [0, 0.05) is 25.0 Å². The van der Waals surface area contributed by atoms with Crippen LogP contribution in [0.1, 0.15) is 61.1 Å². The molecule has 4 amide bonds. The van der Waals surface area contributed by atoms with Crippen molar-refractivity contribution in [2.24, 2.45) is 5.16 Å². The molecule has 246 valence electrons. The van der Waals surface area contributed by atoms with Crippen LogP contribution in [0.25, 0.3) is 0 Å². The molecule has 7 N–H and O–H groups in total. The van der Waals surface area contributed by atoms with Crippen molar-refractivity contribution < 1.29 is 48.5 Å². The van der Waals surface area contributed by atoms with Crippen molar-refractivity contribution in [1.82, 2.24) is 26.3 Å². The summed E-state index contributed by atoms with van der Waals surface area (Å²) in [5, 5.41) is 37.7. The van der Waals surface area contributed by atoms with E-state index in [-0.39, 0.29) is 30.5 Å². The van der Waals surface area contributed by atoms with E-state index in [0.29, 0.717) is 0 Å². The van der Waals surface area contributed by atoms with Crippen LogP contribution in [0, 0.1) is 0 Å². The molecular weight excluding hydrogens is 602 g/mol. The molecule has 0 radical (unpaired) electrons. The summed E-state index contributed by atoms with van der Waals surface area (Å²) in [6.07, 6.45) is -2.42. The Labute approximate surface area is 258 Å². The molecule has 1 fully saturated rings. The topological polar surface area (TPSA) is 239 Å². The first-order valence-electron chi connectivity index (χ1n) is 13.6. The fourth-order valence-electron chi connectivity index (χ4n) is 3.21. The SMILES string of the molecule is CC(C)(C)OC(=O)NC[C@@H](O)CNC[C@H]1NC(=O)[C@H]1NC(=O)/C(=N\OC(C)(C)C(=O)O)c1csc(NC(=O)OC(C)(C)C)n1. The quantitative estimate of drug-likeness (QED) is 0.0885. The standard InChI is InChI=1S/C26H41N7O10S/c1-24(2,3)41-22(39)28-10-13(34)9-27-11-14-16(18(35)29-14)31-19(36)17(33-43-26(7,8)20(37)38)15-12-44-21(30-15)32-23(40)42-25(4,5)6/h12-14,16,27,34H,9-11H2,1-8H3,(H,28,39)(H,29,35)(H,31,36)(H,37,38)(H,30,32,40)/b33-17-/t13-,14+,16-/m0/s1. The number of rotatable bonds is 13. The van der Waals surface area contributed by atoms with Crippen LogP contribution in [0.4, 0.5) is 14.7 Å². The highest BCUT2D eigenvalue weighted by molar-refractivity contribution is 7.14. The van der Waals surface area contributed by atoms with E-state index >= 15 is 0 Å². The highest BCUT2D eigenvalue weighted by Gasteiger charge is 2.41. The number of carbonyl (C=O) groups is 5. The predicted molar refractivity (Wildman–Crippen MR) is 158 cm³/mol. The van der Waals surface area contributed by atoms with Crippen molar-refractivity contribution in [3.05, 3.63) is 11.1 Å². The van der Waals surface area contributed by atoms with E-state index in [1.165, 1.54) is 19.2 Å². The minimum Gasteiger partial charge on any atom is -0.478 e. The minimum atomic E-state index is -1.81. The largest absolute Gasteiger partial charge is 0.478 e. The van der Waals surface area contributed by atoms with Crippen LogP contribution in [0.2, 0.25) is 0 Å². The Morgan fingerprint density at radius 2 is 1.66 bits per heavy atom. The number of alkyl carbamates (subject to hydrolysis) is 1. The van der Waals surface area contributed by atoms with Gasteiger partial charge >= 0.3 is 18.2 Å². The number of amides is 4. The lowest BCUT2D eigenvalue weighted by molar-refractivity contribution is -0.161. The smallest absolute Gasteiger partial charge is 0.413 e. The number of carbonyl (C=O) groups excluding carboxylic acids is 4. The number of aliphatic hydroxyl groups excluding tert-OH is 1. The molecule has 44 heavy (non-hydrogen) atoms. The zero-order valence-corrected chi connectivity index (χ0v) is 26.7. The van der Waals surface area contributed by atoms with Crippen molar-refractivity contribution in [1.29, 1.82) is 0 Å². The number of carboxylic acids is 1. The van der Waals surface area contributed by atoms with E-state index in [1.807, 2.05) is 0 Å². The number of anilines is 1. The summed E-state index contributed by atoms with van der Waals surface area (Å²) in [6.45, 7) is 12.8. The monoisotopic (exact) mass is 643 g/mol. The number of oxime groups is 1. The molecule has 18 heteroatoms. The molecule has 0 spiro atoms. The van der Waals surface area contributed by atoms with E-state index in [2.05, 4.69) is 36.7 Å². The van der Waals surface area contributed by atoms with Gasteiger partial charge in [0.15, 0.2) is 10.8 Å². The highest BCUT2D eigenvalue weighted by atomic mass is 32.1. The van der Waals surface area contributed by atoms with E-state index in [0.717, 1.165) is 11.3 Å². The second kappa shape index (κ2) is 14.6. The number of aliphatic hydroxyl groups is 1. The van der Waals surface area contributed by atoms with E-state index in [9.17, 15) is 34.2 Å². The van der Waals surface area contributed by atoms with Crippen LogP contribution in [-0.2, 0) is 28.7 Å². The molecule has 2 heterocycles. The average Bonchev–Trinajstić information content (AvgIpc) is 3.31. The van der Waals surface area contributed by atoms with Gasteiger partial charge in [-0.3, -0.25) is 14.9 Å². The summed E-state index contributed by atoms with van der Waals surface area (Å²) in [6, 6.07) is -1.59. The van der Waals surface area contributed by atoms with E-state index < -0.39 is 70.7 Å². The summed E-state index contributed by atoms with van der Waals surface area (Å²) in [7, 11) is 0. The molecular formula is C26H41N7O10S. The lowest BCUT2D eigenvalue weighted by Gasteiger charge is -2.37. The Bertz CT molecular complexity index is 1250. The number of hydrogen-bond acceptors (Lipinski definition) is 13. The Balaban J connectivity index is 2.05. The van der Waals surface area contributed by atoms with Gasteiger partial charge in [-0.15, -0.1) is 11.3 Å². The molecule has 1 saturated heterocycles. The first-order chi connectivity index (χ1) is 20.2. The fourth-order valence-corrected chi connectivity index (χ4v) is 3.89. The second-order valence-corrected chi connectivity index (χ2v) is 13.1. The number of hydrogen-bond donors (Lipinski definition) is 7. The predicted octanol–water partition coefficient (Wildman–Crippen LogP) is 0.532. The van der Waals surface area contributed by atoms with Crippen molar-refractivity contribution in [3.8, 4) is 0 Å². The van der Waals surface area contributed by atoms with Crippen LogP contribution in [0.5, 0.6) is 0 Å². The molecule has 0 bridgehead atoms. The Morgan fingerprint density at radius 3 is 2.23 bits per heavy atom. The molecule has 1 aliphatic heterocycles. The molecule has 0 aliphatic carbocycles. The Kier molecular flexibility index (Phi) is 12.0. The normalized spacial score (nSPS) is 17.8. The van der Waals surface area contributed by atoms with Crippen LogP contribution >= 0.6 is 11.3 Å². The van der Waals surface area contributed by atoms with Crippen LogP contribution in [0.15, 0.2) is 10.5 Å². The van der Waals surface area contributed by atoms with Crippen molar-refractivity contribution in [2.75, 3.05) is 25.0 Å². The number of ether oxygens (including phenoxy) is 2. The molecule has 3 atom stereocenters. The number of nitrogens with zero attached hydrogens (tertiary/aromatic N) is 2. The number of nitrogens with one attached hydrogen (secondary N) is 5. The zero-order chi connectivity index (χ0) is 33.5. The van der Waals surface area contributed by atoms with Gasteiger partial charge in [-0.05, 0) is 55.4 Å². The molecule has 0 saturated carbocycles. The van der Waals surface area contributed by atoms with Gasteiger partial charge in [0.1, 0.15) is 22.9 Å². The minimum absolute atomic E-state index is 0.0555. The second-order valence-electron chi connectivity index (χ2n) is 12.3. The molecule has 2 rings (SSSR count). The summed E-state index contributed by atoms with van der Waals surface area (Å²) in [4.78, 5) is 70.2. The lowest BCUT2D eigenvalue weighted by atomic mass is 9.98. The number of thiazole rings is 1. The molecule has 1 aromatic heterocycles. The van der Waals surface area contributed by atoms with Gasteiger partial charge in [-0.2, -0.15) is 0 Å². The molecule has 0 unspecified atom stereocenters. The summed E-state index contributed by atoms with van der Waals surface area (Å²) < 4.78 is 10.3. The third-order valence-corrected chi connectivity index (χ3v) is 6.13. The molecule has 17 nitrogen and oxygen atoms in total. The Hall–Kier alpha value is -4.03. The van der Waals surface area contributed by atoms with E-state index in [4.69, 9.17) is 14.3 Å². The lowest BCUT2D eigenvalue weighted by Crippen LogP contribution is -2.72. The van der Waals surface area contributed by atoms with Crippen LogP contribution in [-0.4, -0.2) is 106 Å². The number of aromatic nitrogens is 1. The fraction of sp³-hybridized carbons (Fsp3) is 0.654. The zero-order valence-electron chi connectivity index (χ0n) is 25.9. The third-order valence-electron chi connectivity index (χ3n) is 5.37. The van der Waals surface area contributed by atoms with Gasteiger partial charge in [-0.25, -0.2) is 19.4 Å². The molecule has 1 aliphatic rings. The van der Waals surface area contributed by atoms with Crippen molar-refractivity contribution in [3.63, 3.8) is 0 Å². The van der Waals surface area contributed by atoms with Crippen molar-refractivity contribution >= 4 is 52.2 Å². The molecule has 0 aromatic carbocycles. The first-order valence-corrected chi connectivity index (χ1v) is 14.5. The van der Waals surface area contributed by atoms with E-state index in [1.54, 1.807) is 41.5 Å². The number of carboxylic acid groups (broad SMARTS) is 1.